The molecule has 558 valence electrons. The second-order valence-electron chi connectivity index (χ2n) is 24.8. The molecule has 6 N–H and O–H groups in total. The number of halogens is 1. The summed E-state index contributed by atoms with van der Waals surface area (Å²) in [5.41, 5.74) is 12.2. The molecule has 2 heterocycles. The summed E-state index contributed by atoms with van der Waals surface area (Å²) in [7, 11) is 0. The average Bonchev–Trinajstić information content (AvgIpc) is 0.877. The number of ether oxygens (including phenoxy) is 8. The monoisotopic (exact) mass is 1450 g/mol. The highest BCUT2D eigenvalue weighted by atomic mass is 79.9. The number of nitrogens with zero attached hydrogens (tertiary/aromatic N) is 3. The molecule has 0 bridgehead atoms. The zero-order valence-corrected chi connectivity index (χ0v) is 64.4. The highest BCUT2D eigenvalue weighted by Crippen LogP contribution is 2.25. The summed E-state index contributed by atoms with van der Waals surface area (Å²) in [5.74, 6) is 0.0906. The van der Waals surface area contributed by atoms with Crippen molar-refractivity contribution in [3.63, 3.8) is 0 Å². The minimum atomic E-state index is -0.311. The number of rotatable bonds is 18. The number of amides is 4. The lowest BCUT2D eigenvalue weighted by molar-refractivity contribution is -0.123. The zero-order valence-electron chi connectivity index (χ0n) is 62.8. The summed E-state index contributed by atoms with van der Waals surface area (Å²) in [6, 6.07) is 23.5. The van der Waals surface area contributed by atoms with Crippen molar-refractivity contribution in [3.8, 4) is 0 Å². The Hall–Kier alpha value is -5.28. The van der Waals surface area contributed by atoms with Crippen LogP contribution in [-0.4, -0.2) is 232 Å². The van der Waals surface area contributed by atoms with Crippen molar-refractivity contribution in [1.29, 1.82) is 0 Å². The van der Waals surface area contributed by atoms with Gasteiger partial charge >= 0.3 is 0 Å². The topological polar surface area (TPSA) is 224 Å². The van der Waals surface area contributed by atoms with Crippen molar-refractivity contribution in [3.05, 3.63) is 117 Å². The molecule has 0 aliphatic carbocycles. The third kappa shape index (κ3) is 35.0. The predicted octanol–water partition coefficient (Wildman–Crippen LogP) is 11.2. The maximum atomic E-state index is 13.4. The van der Waals surface area contributed by atoms with Crippen molar-refractivity contribution in [2.45, 2.75) is 152 Å². The van der Waals surface area contributed by atoms with Gasteiger partial charge in [-0.15, -0.1) is 0 Å². The Morgan fingerprint density at radius 3 is 0.889 bits per heavy atom. The maximum absolute atomic E-state index is 13.4. The number of alkyl halides is 1. The van der Waals surface area contributed by atoms with Gasteiger partial charge in [-0.2, -0.15) is 0 Å². The van der Waals surface area contributed by atoms with Crippen LogP contribution in [0.25, 0.3) is 0 Å². The Labute approximate surface area is 603 Å². The third-order valence-electron chi connectivity index (χ3n) is 17.1. The number of hydrogen-bond acceptors (Lipinski definition) is 17. The first-order valence-corrected chi connectivity index (χ1v) is 37.2. The summed E-state index contributed by atoms with van der Waals surface area (Å²) in [6.45, 7) is 45.3. The molecule has 0 aromatic heterocycles. The second-order valence-corrected chi connectivity index (χ2v) is 25.9. The average molecular weight is 1450 g/mol. The molecule has 99 heavy (non-hydrogen) atoms. The van der Waals surface area contributed by atoms with E-state index in [4.69, 9.17) is 37.9 Å². The van der Waals surface area contributed by atoms with Crippen LogP contribution in [0, 0.1) is 55.4 Å². The molecule has 22 heteroatoms. The summed E-state index contributed by atoms with van der Waals surface area (Å²) in [4.78, 5) is 57.5. The molecule has 2 aliphatic heterocycles. The van der Waals surface area contributed by atoms with Crippen LogP contribution in [0.4, 0.5) is 22.7 Å². The number of aryl methyl sites for hydroxylation is 8. The van der Waals surface area contributed by atoms with Crippen molar-refractivity contribution >= 4 is 62.3 Å². The molecule has 4 aromatic rings. The molecule has 4 amide bonds. The fourth-order valence-corrected chi connectivity index (χ4v) is 11.5. The Balaban J connectivity index is 0.000000394. The van der Waals surface area contributed by atoms with Crippen LogP contribution in [0.15, 0.2) is 72.8 Å². The Bertz CT molecular complexity index is 2600. The van der Waals surface area contributed by atoms with Gasteiger partial charge in [-0.05, 0) is 145 Å². The van der Waals surface area contributed by atoms with E-state index in [1.165, 1.54) is 0 Å². The second kappa shape index (κ2) is 53.5. The van der Waals surface area contributed by atoms with Crippen LogP contribution in [0.2, 0.25) is 0 Å². The maximum Gasteiger partial charge on any atom is 0.241 e. The number of hydrogen-bond donors (Lipinski definition) is 6. The standard InChI is InChI=1S/C36H56N4O6.C17H28N2O.C12H16BrNO.C12H26N2O4/c1-7-31(35(41)37-33-27(3)11-9-12-28(33)4)39-15-19-43-23-25-45-21-17-40(18-22-46-26-24-44-20-16-39)32(8-2)36(42)38-34-29(5)13-10-14-30(34)6;1-6-12-19(8-3)15(7-2)17(20)18-16-13(4)10-9-11-14(16)5;1-4-10(13)12(15)14-11-8(2)6-5-7-9(11)3;1-5-15-9-10-17-7-3-14-4-8-18-12-11-16-6-2-13-1/h9-14,31-32H,7-8,15-26H2,1-6H3,(H,37,41)(H,38,42);9-11,15H,6-8,12H2,1-5H3,(H,18,20);5-7,10H,4H2,1-3H3,(H,14,15);13-14H,1-12H2. The fourth-order valence-electron chi connectivity index (χ4n) is 11.4. The van der Waals surface area contributed by atoms with Crippen molar-refractivity contribution in [2.75, 3.05) is 192 Å². The molecule has 2 aliphatic rings. The van der Waals surface area contributed by atoms with E-state index in [0.29, 0.717) is 145 Å². The smallest absolute Gasteiger partial charge is 0.241 e. The number of nitrogens with one attached hydrogen (secondary N) is 6. The van der Waals surface area contributed by atoms with Crippen LogP contribution in [0.1, 0.15) is 118 Å². The van der Waals surface area contributed by atoms with Gasteiger partial charge in [0.2, 0.25) is 23.6 Å². The third-order valence-corrected chi connectivity index (χ3v) is 18.2. The van der Waals surface area contributed by atoms with E-state index < -0.39 is 0 Å². The predicted molar refractivity (Wildman–Crippen MR) is 406 cm³/mol. The van der Waals surface area contributed by atoms with Crippen LogP contribution in [0.3, 0.4) is 0 Å². The van der Waals surface area contributed by atoms with E-state index >= 15 is 0 Å². The van der Waals surface area contributed by atoms with Gasteiger partial charge in [-0.25, -0.2) is 0 Å². The van der Waals surface area contributed by atoms with Gasteiger partial charge in [0.05, 0.1) is 129 Å². The minimum Gasteiger partial charge on any atom is -0.378 e. The van der Waals surface area contributed by atoms with Crippen molar-refractivity contribution in [2.24, 2.45) is 0 Å². The molecule has 2 fully saturated rings. The molecule has 0 spiro atoms. The number of para-hydroxylation sites is 4. The molecule has 4 aromatic carbocycles. The highest BCUT2D eigenvalue weighted by molar-refractivity contribution is 9.10. The summed E-state index contributed by atoms with van der Waals surface area (Å²) in [6.07, 6.45) is 4.03. The molecule has 0 radical (unpaired) electrons. The van der Waals surface area contributed by atoms with Gasteiger partial charge in [0, 0.05) is 75.1 Å². The highest BCUT2D eigenvalue weighted by Gasteiger charge is 2.28. The first kappa shape index (κ1) is 87.9. The number of benzene rings is 4. The SMILES string of the molecule is C1COCCOCCNCCOCCOCCN1.CCC(Br)C(=O)Nc1c(C)cccc1C.CCC(C(=O)Nc1c(C)cccc1C)N1CCOCCOCCN(C(CC)C(=O)Nc2c(C)cccc2C)CCOCCOCC1.CCCN(CC)C(CC)C(=O)Nc1c(C)cccc1C. The molecule has 6 rings (SSSR count). The lowest BCUT2D eigenvalue weighted by atomic mass is 10.1. The van der Waals surface area contributed by atoms with E-state index in [-0.39, 0.29) is 46.6 Å². The molecule has 4 atom stereocenters. The molecular formula is C77H126BrN9O12. The van der Waals surface area contributed by atoms with Gasteiger partial charge < -0.3 is 69.8 Å². The number of anilines is 4. The van der Waals surface area contributed by atoms with Gasteiger partial charge in [0.1, 0.15) is 0 Å². The Kier molecular flexibility index (Phi) is 47.5. The van der Waals surface area contributed by atoms with E-state index in [2.05, 4.69) is 83.3 Å². The summed E-state index contributed by atoms with van der Waals surface area (Å²) in [5, 5.41) is 18.9. The van der Waals surface area contributed by atoms with Gasteiger partial charge in [-0.3, -0.25) is 33.9 Å². The first-order valence-electron chi connectivity index (χ1n) is 36.2. The van der Waals surface area contributed by atoms with Crippen molar-refractivity contribution in [1.82, 2.24) is 25.3 Å². The van der Waals surface area contributed by atoms with Crippen LogP contribution in [0.5, 0.6) is 0 Å². The summed E-state index contributed by atoms with van der Waals surface area (Å²) < 4.78 is 45.3. The fraction of sp³-hybridized carbons (Fsp3) is 0.636. The molecule has 21 nitrogen and oxygen atoms in total. The van der Waals surface area contributed by atoms with E-state index in [9.17, 15) is 19.2 Å². The Morgan fingerprint density at radius 2 is 0.646 bits per heavy atom. The van der Waals surface area contributed by atoms with E-state index in [1.54, 1.807) is 0 Å². The molecular weight excluding hydrogens is 1320 g/mol. The van der Waals surface area contributed by atoms with Gasteiger partial charge in [-0.1, -0.05) is 130 Å². The van der Waals surface area contributed by atoms with Gasteiger partial charge in [0.15, 0.2) is 0 Å². The largest absolute Gasteiger partial charge is 0.378 e. The molecule has 2 saturated heterocycles. The van der Waals surface area contributed by atoms with Crippen LogP contribution >= 0.6 is 15.9 Å². The lowest BCUT2D eigenvalue weighted by Gasteiger charge is -2.31. The van der Waals surface area contributed by atoms with E-state index in [0.717, 1.165) is 126 Å². The zero-order chi connectivity index (χ0) is 72.6. The lowest BCUT2D eigenvalue weighted by Crippen LogP contribution is -2.47. The number of carbonyl (C=O) groups is 4. The van der Waals surface area contributed by atoms with E-state index in [1.807, 2.05) is 149 Å². The van der Waals surface area contributed by atoms with Gasteiger partial charge in [0.25, 0.3) is 0 Å². The van der Waals surface area contributed by atoms with Crippen molar-refractivity contribution < 1.29 is 57.1 Å². The Morgan fingerprint density at radius 1 is 0.384 bits per heavy atom. The number of likely N-dealkylation sites (N-methyl/N-ethyl adjacent to an activating group) is 1. The minimum absolute atomic E-state index is 0.0219. The molecule has 0 saturated carbocycles. The molecule has 4 unspecified atom stereocenters. The summed E-state index contributed by atoms with van der Waals surface area (Å²) >= 11 is 3.34. The van der Waals surface area contributed by atoms with Crippen LogP contribution in [-0.2, 0) is 57.1 Å². The first-order chi connectivity index (χ1) is 47.9. The number of carbonyl (C=O) groups excluding carboxylic acids is 4. The normalized spacial score (nSPS) is 17.4. The van der Waals surface area contributed by atoms with Crippen LogP contribution < -0.4 is 31.9 Å². The quantitative estimate of drug-likeness (QED) is 0.0510.